The molecule has 0 radical (unpaired) electrons. The van der Waals surface area contributed by atoms with E-state index in [1.807, 2.05) is 13.0 Å². The highest BCUT2D eigenvalue weighted by molar-refractivity contribution is 5.85. The number of benzene rings is 1. The number of hydrogen-bond acceptors (Lipinski definition) is 3. The Balaban J connectivity index is 0.00000220. The number of likely N-dealkylation sites (tertiary alicyclic amines) is 1. The molecule has 0 spiro atoms. The standard InChI is InChI=1S/C16H25FN2O.ClH/c1-3-20-16-7-6-13(9-15(16)17)10-19-8-4-5-14(11-19)12(2)18;/h6-7,9,12,14H,3-5,8,10-11,18H2,1-2H3;1H. The van der Waals surface area contributed by atoms with Crippen LogP contribution in [0.3, 0.4) is 0 Å². The number of nitrogens with two attached hydrogens (primary N) is 1. The molecule has 0 amide bonds. The summed E-state index contributed by atoms with van der Waals surface area (Å²) in [4.78, 5) is 2.37. The highest BCUT2D eigenvalue weighted by Gasteiger charge is 2.22. The molecule has 0 bridgehead atoms. The van der Waals surface area contributed by atoms with Crippen LogP contribution in [0, 0.1) is 11.7 Å². The topological polar surface area (TPSA) is 38.5 Å². The first-order valence-electron chi connectivity index (χ1n) is 7.49. The second-order valence-electron chi connectivity index (χ2n) is 5.69. The maximum atomic E-state index is 13.8. The molecule has 1 aliphatic heterocycles. The molecule has 0 aliphatic carbocycles. The fourth-order valence-corrected chi connectivity index (χ4v) is 2.84. The summed E-state index contributed by atoms with van der Waals surface area (Å²) in [5.41, 5.74) is 6.99. The molecule has 2 unspecified atom stereocenters. The molecule has 0 aromatic heterocycles. The molecule has 2 rings (SSSR count). The Morgan fingerprint density at radius 3 is 2.86 bits per heavy atom. The number of piperidine rings is 1. The Morgan fingerprint density at radius 1 is 1.48 bits per heavy atom. The Hall–Kier alpha value is -0.840. The van der Waals surface area contributed by atoms with Gasteiger partial charge in [-0.3, -0.25) is 4.90 Å². The van der Waals surface area contributed by atoms with E-state index in [1.54, 1.807) is 12.1 Å². The van der Waals surface area contributed by atoms with Gasteiger partial charge in [-0.1, -0.05) is 6.07 Å². The van der Waals surface area contributed by atoms with Crippen molar-refractivity contribution in [1.29, 1.82) is 0 Å². The van der Waals surface area contributed by atoms with Crippen molar-refractivity contribution in [2.75, 3.05) is 19.7 Å². The minimum atomic E-state index is -0.273. The fourth-order valence-electron chi connectivity index (χ4n) is 2.84. The van der Waals surface area contributed by atoms with E-state index in [0.29, 0.717) is 18.3 Å². The molecule has 1 heterocycles. The summed E-state index contributed by atoms with van der Waals surface area (Å²) in [7, 11) is 0. The van der Waals surface area contributed by atoms with Gasteiger partial charge < -0.3 is 10.5 Å². The van der Waals surface area contributed by atoms with Crippen molar-refractivity contribution in [3.05, 3.63) is 29.6 Å². The second-order valence-corrected chi connectivity index (χ2v) is 5.69. The van der Waals surface area contributed by atoms with Gasteiger partial charge in [0.15, 0.2) is 11.6 Å². The second kappa shape index (κ2) is 8.57. The van der Waals surface area contributed by atoms with E-state index in [9.17, 15) is 4.39 Å². The van der Waals surface area contributed by atoms with Crippen molar-refractivity contribution < 1.29 is 9.13 Å². The van der Waals surface area contributed by atoms with Crippen LogP contribution in [0.2, 0.25) is 0 Å². The first-order valence-corrected chi connectivity index (χ1v) is 7.49. The summed E-state index contributed by atoms with van der Waals surface area (Å²) in [5.74, 6) is 0.616. The average molecular weight is 317 g/mol. The van der Waals surface area contributed by atoms with Gasteiger partial charge in [0.2, 0.25) is 0 Å². The zero-order chi connectivity index (χ0) is 14.5. The quantitative estimate of drug-likeness (QED) is 0.906. The molecule has 1 aliphatic rings. The molecule has 21 heavy (non-hydrogen) atoms. The van der Waals surface area contributed by atoms with Crippen LogP contribution >= 0.6 is 12.4 Å². The van der Waals surface area contributed by atoms with E-state index in [1.165, 1.54) is 12.8 Å². The summed E-state index contributed by atoms with van der Waals surface area (Å²) < 4.78 is 19.1. The number of halogens is 2. The van der Waals surface area contributed by atoms with Crippen LogP contribution in [0.15, 0.2) is 18.2 Å². The van der Waals surface area contributed by atoms with E-state index >= 15 is 0 Å². The third-order valence-corrected chi connectivity index (χ3v) is 3.99. The summed E-state index contributed by atoms with van der Waals surface area (Å²) in [6.45, 7) is 7.27. The summed E-state index contributed by atoms with van der Waals surface area (Å²) in [6, 6.07) is 5.49. The predicted molar refractivity (Wildman–Crippen MR) is 86.5 cm³/mol. The highest BCUT2D eigenvalue weighted by atomic mass is 35.5. The molecule has 0 saturated carbocycles. The zero-order valence-corrected chi connectivity index (χ0v) is 13.7. The van der Waals surface area contributed by atoms with Crippen molar-refractivity contribution in [1.82, 2.24) is 4.90 Å². The van der Waals surface area contributed by atoms with Crippen LogP contribution < -0.4 is 10.5 Å². The third-order valence-electron chi connectivity index (χ3n) is 3.99. The molecule has 3 nitrogen and oxygen atoms in total. The van der Waals surface area contributed by atoms with E-state index in [2.05, 4.69) is 11.8 Å². The molecule has 1 fully saturated rings. The third kappa shape index (κ3) is 5.13. The lowest BCUT2D eigenvalue weighted by molar-refractivity contribution is 0.154. The van der Waals surface area contributed by atoms with Gasteiger partial charge in [0.1, 0.15) is 0 Å². The van der Waals surface area contributed by atoms with Gasteiger partial charge in [-0.25, -0.2) is 4.39 Å². The van der Waals surface area contributed by atoms with Crippen LogP contribution in [0.4, 0.5) is 4.39 Å². The molecular weight excluding hydrogens is 291 g/mol. The Labute approximate surface area is 133 Å². The van der Waals surface area contributed by atoms with Crippen LogP contribution in [0.1, 0.15) is 32.3 Å². The molecule has 5 heteroatoms. The first-order chi connectivity index (χ1) is 9.60. The normalized spacial score (nSPS) is 20.7. The lowest BCUT2D eigenvalue weighted by Crippen LogP contribution is -2.41. The molecule has 2 atom stereocenters. The number of ether oxygens (including phenoxy) is 1. The molecule has 1 aromatic carbocycles. The van der Waals surface area contributed by atoms with Crippen molar-refractivity contribution in [3.63, 3.8) is 0 Å². The van der Waals surface area contributed by atoms with Gasteiger partial charge in [0.25, 0.3) is 0 Å². The Bertz CT molecular complexity index is 442. The number of hydrogen-bond donors (Lipinski definition) is 1. The monoisotopic (exact) mass is 316 g/mol. The zero-order valence-electron chi connectivity index (χ0n) is 12.8. The van der Waals surface area contributed by atoms with Gasteiger partial charge in [-0.05, 0) is 56.8 Å². The summed E-state index contributed by atoms with van der Waals surface area (Å²) in [5, 5.41) is 0. The van der Waals surface area contributed by atoms with E-state index in [-0.39, 0.29) is 24.3 Å². The van der Waals surface area contributed by atoms with Gasteiger partial charge in [0.05, 0.1) is 6.61 Å². The average Bonchev–Trinajstić information content (AvgIpc) is 2.42. The molecule has 2 N–H and O–H groups in total. The minimum Gasteiger partial charge on any atom is -0.491 e. The molecule has 120 valence electrons. The van der Waals surface area contributed by atoms with Crippen molar-refractivity contribution in [3.8, 4) is 5.75 Å². The Kier molecular flexibility index (Phi) is 7.43. The van der Waals surface area contributed by atoms with Crippen LogP contribution in [0.5, 0.6) is 5.75 Å². The number of rotatable bonds is 5. The Morgan fingerprint density at radius 2 is 2.24 bits per heavy atom. The summed E-state index contributed by atoms with van der Waals surface area (Å²) in [6.07, 6.45) is 2.37. The summed E-state index contributed by atoms with van der Waals surface area (Å²) >= 11 is 0. The largest absolute Gasteiger partial charge is 0.491 e. The van der Waals surface area contributed by atoms with Crippen LogP contribution in [-0.4, -0.2) is 30.6 Å². The van der Waals surface area contributed by atoms with Gasteiger partial charge in [0, 0.05) is 19.1 Å². The number of nitrogens with zero attached hydrogens (tertiary/aromatic N) is 1. The first kappa shape index (κ1) is 18.2. The fraction of sp³-hybridized carbons (Fsp3) is 0.625. The lowest BCUT2D eigenvalue weighted by Gasteiger charge is -2.34. The highest BCUT2D eigenvalue weighted by Crippen LogP contribution is 2.23. The van der Waals surface area contributed by atoms with Gasteiger partial charge in [-0.15, -0.1) is 12.4 Å². The smallest absolute Gasteiger partial charge is 0.165 e. The van der Waals surface area contributed by atoms with Crippen LogP contribution in [0.25, 0.3) is 0 Å². The molecule has 1 saturated heterocycles. The molecular formula is C16H26ClFN2O. The SMILES string of the molecule is CCOc1ccc(CN2CCCC(C(C)N)C2)cc1F.Cl. The van der Waals surface area contributed by atoms with Gasteiger partial charge >= 0.3 is 0 Å². The van der Waals surface area contributed by atoms with E-state index in [4.69, 9.17) is 10.5 Å². The lowest BCUT2D eigenvalue weighted by atomic mass is 9.92. The van der Waals surface area contributed by atoms with Crippen molar-refractivity contribution in [2.45, 2.75) is 39.3 Å². The van der Waals surface area contributed by atoms with E-state index in [0.717, 1.165) is 25.2 Å². The van der Waals surface area contributed by atoms with Crippen molar-refractivity contribution >= 4 is 12.4 Å². The van der Waals surface area contributed by atoms with E-state index < -0.39 is 0 Å². The maximum absolute atomic E-state index is 13.8. The predicted octanol–water partition coefficient (Wildman–Crippen LogP) is 3.21. The van der Waals surface area contributed by atoms with Crippen LogP contribution in [-0.2, 0) is 6.54 Å². The minimum absolute atomic E-state index is 0. The van der Waals surface area contributed by atoms with Gasteiger partial charge in [-0.2, -0.15) is 0 Å². The van der Waals surface area contributed by atoms with Crippen molar-refractivity contribution in [2.24, 2.45) is 11.7 Å². The maximum Gasteiger partial charge on any atom is 0.165 e. The molecule has 1 aromatic rings.